The number of ether oxygens (including phenoxy) is 5. The molecule has 248 valence electrons. The molecule has 4 saturated heterocycles. The van der Waals surface area contributed by atoms with Crippen LogP contribution in [0.3, 0.4) is 0 Å². The summed E-state index contributed by atoms with van der Waals surface area (Å²) in [7, 11) is 0. The summed E-state index contributed by atoms with van der Waals surface area (Å²) in [6, 6.07) is 0.250. The molecule has 0 aromatic carbocycles. The van der Waals surface area contributed by atoms with Gasteiger partial charge < -0.3 is 70.3 Å². The van der Waals surface area contributed by atoms with Crippen molar-refractivity contribution in [3.05, 3.63) is 0 Å². The molecule has 13 atom stereocenters. The van der Waals surface area contributed by atoms with Crippen LogP contribution < -0.4 is 16.0 Å². The molecular weight excluding hydrogens is 594 g/mol. The molecule has 4 aliphatic rings. The predicted octanol–water partition coefficient (Wildman–Crippen LogP) is -3.49. The Labute approximate surface area is 253 Å². The Bertz CT molecular complexity index is 908. The van der Waals surface area contributed by atoms with E-state index in [1.165, 1.54) is 6.92 Å². The minimum absolute atomic E-state index is 0.0394. The van der Waals surface area contributed by atoms with Crippen LogP contribution in [-0.2, 0) is 28.5 Å². The van der Waals surface area contributed by atoms with E-state index >= 15 is 0 Å². The van der Waals surface area contributed by atoms with Gasteiger partial charge >= 0.3 is 6.03 Å². The van der Waals surface area contributed by atoms with Crippen molar-refractivity contribution in [2.24, 2.45) is 0 Å². The molecule has 0 saturated carbocycles. The Balaban J connectivity index is 1.10. The molecule has 0 radical (unpaired) electrons. The summed E-state index contributed by atoms with van der Waals surface area (Å²) >= 11 is 1.85. The first-order valence-corrected chi connectivity index (χ1v) is 15.8. The highest BCUT2D eigenvalue weighted by atomic mass is 32.2. The lowest BCUT2D eigenvalue weighted by molar-refractivity contribution is -0.365. The van der Waals surface area contributed by atoms with Gasteiger partial charge in [-0.05, 0) is 19.8 Å². The van der Waals surface area contributed by atoms with Crippen molar-refractivity contribution in [1.82, 2.24) is 16.0 Å². The van der Waals surface area contributed by atoms with Gasteiger partial charge in [0.2, 0.25) is 5.91 Å². The molecule has 0 aliphatic carbocycles. The van der Waals surface area contributed by atoms with E-state index < -0.39 is 68.0 Å². The molecule has 0 bridgehead atoms. The van der Waals surface area contributed by atoms with E-state index in [0.29, 0.717) is 18.2 Å². The summed E-state index contributed by atoms with van der Waals surface area (Å²) in [5, 5.41) is 69.7. The zero-order chi connectivity index (χ0) is 31.1. The van der Waals surface area contributed by atoms with E-state index in [9.17, 15) is 40.2 Å². The van der Waals surface area contributed by atoms with Gasteiger partial charge in [0.15, 0.2) is 12.6 Å². The van der Waals surface area contributed by atoms with E-state index in [1.807, 2.05) is 11.8 Å². The van der Waals surface area contributed by atoms with Crippen molar-refractivity contribution in [2.75, 3.05) is 38.7 Å². The number of thioether (sulfide) groups is 1. The second-order valence-electron chi connectivity index (χ2n) is 11.2. The number of unbranched alkanes of at least 4 members (excludes halogenated alkanes) is 1. The second kappa shape index (κ2) is 16.3. The number of carbonyl (C=O) groups excluding carboxylic acids is 2. The number of carbonyl (C=O) groups is 2. The van der Waals surface area contributed by atoms with Crippen molar-refractivity contribution in [3.63, 3.8) is 0 Å². The van der Waals surface area contributed by atoms with Crippen LogP contribution in [0.5, 0.6) is 0 Å². The van der Waals surface area contributed by atoms with Gasteiger partial charge in [-0.3, -0.25) is 4.79 Å². The van der Waals surface area contributed by atoms with Crippen LogP contribution >= 0.6 is 11.8 Å². The third-order valence-electron chi connectivity index (χ3n) is 8.08. The molecule has 4 fully saturated rings. The van der Waals surface area contributed by atoms with Gasteiger partial charge in [0, 0.05) is 24.0 Å². The van der Waals surface area contributed by atoms with E-state index in [0.717, 1.165) is 25.0 Å². The van der Waals surface area contributed by atoms with Crippen LogP contribution in [0, 0.1) is 0 Å². The summed E-state index contributed by atoms with van der Waals surface area (Å²) in [6.07, 6.45) is -11.0. The molecule has 0 unspecified atom stereocenters. The lowest BCUT2D eigenvalue weighted by atomic mass is 9.97. The number of amides is 3. The highest BCUT2D eigenvalue weighted by molar-refractivity contribution is 8.00. The Kier molecular flexibility index (Phi) is 13.1. The van der Waals surface area contributed by atoms with Crippen LogP contribution in [0.1, 0.15) is 32.6 Å². The van der Waals surface area contributed by atoms with Crippen molar-refractivity contribution in [1.29, 1.82) is 0 Å². The fraction of sp³-hybridized carbons (Fsp3) is 0.923. The number of hydrogen-bond donors (Lipinski definition) is 9. The topological polar surface area (TPSA) is 238 Å². The van der Waals surface area contributed by atoms with E-state index in [-0.39, 0.29) is 43.8 Å². The standard InChI is InChI=1S/C26H45N3O13S/c1-12-18(32)20(34)22(36)24(40-12)42-23-21(35)19(33)14(10-30)41-25(23)39-9-8-38-7-6-27-16(31)5-3-2-4-15-17-13(11-43-15)28-26(37)29-17/h12-15,17-25,30,32-36H,2-11H2,1H3,(H,27,31)(H2,28,29,37)/t12-,13-,14+,15-,17-,18+,19-,20+,21-,22-,23+,24-,25+/m0/s1. The van der Waals surface area contributed by atoms with Gasteiger partial charge in [-0.2, -0.15) is 11.8 Å². The number of nitrogens with one attached hydrogen (secondary N) is 3. The fourth-order valence-electron chi connectivity index (χ4n) is 5.57. The normalized spacial score (nSPS) is 41.0. The Morgan fingerprint density at radius 1 is 0.977 bits per heavy atom. The number of urea groups is 1. The van der Waals surface area contributed by atoms with Crippen LogP contribution in [0.15, 0.2) is 0 Å². The lowest BCUT2D eigenvalue weighted by Gasteiger charge is -2.45. The first kappa shape index (κ1) is 34.5. The molecule has 4 heterocycles. The van der Waals surface area contributed by atoms with Gasteiger partial charge in [0.1, 0.15) is 42.7 Å². The highest BCUT2D eigenvalue weighted by Crippen LogP contribution is 2.33. The minimum Gasteiger partial charge on any atom is -0.394 e. The molecule has 4 aliphatic heterocycles. The number of rotatable bonds is 15. The second-order valence-corrected chi connectivity index (χ2v) is 12.5. The molecule has 17 heteroatoms. The number of aliphatic hydroxyl groups excluding tert-OH is 6. The van der Waals surface area contributed by atoms with Gasteiger partial charge in [-0.1, -0.05) is 6.42 Å². The monoisotopic (exact) mass is 639 g/mol. The molecule has 4 rings (SSSR count). The summed E-state index contributed by atoms with van der Waals surface area (Å²) in [5.41, 5.74) is 0. The minimum atomic E-state index is -1.65. The first-order chi connectivity index (χ1) is 20.6. The zero-order valence-electron chi connectivity index (χ0n) is 24.0. The van der Waals surface area contributed by atoms with Crippen LogP contribution in [0.25, 0.3) is 0 Å². The third-order valence-corrected chi connectivity index (χ3v) is 9.59. The molecule has 0 aromatic rings. The Morgan fingerprint density at radius 2 is 1.77 bits per heavy atom. The van der Waals surface area contributed by atoms with Crippen molar-refractivity contribution in [2.45, 2.75) is 111 Å². The van der Waals surface area contributed by atoms with Crippen LogP contribution in [0.2, 0.25) is 0 Å². The first-order valence-electron chi connectivity index (χ1n) is 14.7. The lowest BCUT2D eigenvalue weighted by Crippen LogP contribution is -2.64. The van der Waals surface area contributed by atoms with Crippen molar-refractivity contribution in [3.8, 4) is 0 Å². The summed E-state index contributed by atoms with van der Waals surface area (Å²) in [6.45, 7) is 1.42. The van der Waals surface area contributed by atoms with Crippen LogP contribution in [-0.4, -0.2) is 160 Å². The molecule has 0 spiro atoms. The van der Waals surface area contributed by atoms with Gasteiger partial charge in [0.05, 0.1) is 44.6 Å². The summed E-state index contributed by atoms with van der Waals surface area (Å²) < 4.78 is 27.8. The molecule has 43 heavy (non-hydrogen) atoms. The van der Waals surface area contributed by atoms with Gasteiger partial charge in [-0.25, -0.2) is 4.79 Å². The maximum Gasteiger partial charge on any atom is 0.315 e. The van der Waals surface area contributed by atoms with E-state index in [2.05, 4.69) is 16.0 Å². The smallest absolute Gasteiger partial charge is 0.315 e. The summed E-state index contributed by atoms with van der Waals surface area (Å²) in [5.74, 6) is 0.830. The maximum atomic E-state index is 12.1. The molecule has 16 nitrogen and oxygen atoms in total. The van der Waals surface area contributed by atoms with Crippen LogP contribution in [0.4, 0.5) is 4.79 Å². The van der Waals surface area contributed by atoms with Gasteiger partial charge in [0.25, 0.3) is 0 Å². The highest BCUT2D eigenvalue weighted by Gasteiger charge is 2.50. The third kappa shape index (κ3) is 8.89. The number of aliphatic hydroxyl groups is 6. The fourth-order valence-corrected chi connectivity index (χ4v) is 7.11. The Morgan fingerprint density at radius 3 is 2.53 bits per heavy atom. The predicted molar refractivity (Wildman–Crippen MR) is 149 cm³/mol. The van der Waals surface area contributed by atoms with E-state index in [4.69, 9.17) is 23.7 Å². The average molecular weight is 640 g/mol. The van der Waals surface area contributed by atoms with Gasteiger partial charge in [-0.15, -0.1) is 0 Å². The van der Waals surface area contributed by atoms with Crippen molar-refractivity contribution < 1.29 is 63.9 Å². The molecular formula is C26H45N3O13S. The summed E-state index contributed by atoms with van der Waals surface area (Å²) in [4.78, 5) is 23.6. The quantitative estimate of drug-likeness (QED) is 0.0625. The SMILES string of the molecule is C[C@@H]1O[C@@H](O[C@H]2[C@H](OCCOCCNC(=O)CCCC[C@@H]3SC[C@@H]4NC(=O)N[C@@H]43)O[C@H](CO)[C@H](O)[C@@H]2O)[C@@H](O)[C@H](O)[C@@H]1O. The van der Waals surface area contributed by atoms with E-state index in [1.54, 1.807) is 0 Å². The molecule has 9 N–H and O–H groups in total. The zero-order valence-corrected chi connectivity index (χ0v) is 24.8. The molecule has 0 aromatic heterocycles. The molecule has 3 amide bonds. The number of fused-ring (bicyclic) bond motifs is 1. The Hall–Kier alpha value is -1.35. The number of hydrogen-bond acceptors (Lipinski definition) is 14. The maximum absolute atomic E-state index is 12.1. The largest absolute Gasteiger partial charge is 0.394 e. The average Bonchev–Trinajstić information content (AvgIpc) is 3.54. The van der Waals surface area contributed by atoms with Crippen molar-refractivity contribution >= 4 is 23.7 Å².